The number of benzene rings is 2. The van der Waals surface area contributed by atoms with Gasteiger partial charge in [0.2, 0.25) is 5.95 Å². The first-order chi connectivity index (χ1) is 12.8. The number of fused-ring (bicyclic) bond motifs is 2. The Labute approximate surface area is 151 Å². The number of H-pyrrole nitrogens is 2. The molecule has 0 fully saturated rings. The molecule has 5 aromatic rings. The van der Waals surface area contributed by atoms with E-state index in [1.165, 1.54) is 16.4 Å². The summed E-state index contributed by atoms with van der Waals surface area (Å²) >= 11 is 1.43. The van der Waals surface area contributed by atoms with Crippen LogP contribution in [0.3, 0.4) is 0 Å². The smallest absolute Gasteiger partial charge is 0.274 e. The second-order valence-electron chi connectivity index (χ2n) is 5.77. The highest BCUT2D eigenvalue weighted by Gasteiger charge is 2.11. The third kappa shape index (κ3) is 2.60. The zero-order chi connectivity index (χ0) is 17.5. The molecule has 2 N–H and O–H groups in total. The number of aromatic amines is 2. The molecule has 0 aliphatic carbocycles. The molecule has 0 radical (unpaired) electrons. The zero-order valence-corrected chi connectivity index (χ0v) is 14.3. The van der Waals surface area contributed by atoms with E-state index < -0.39 is 0 Å². The molecule has 0 spiro atoms. The molecule has 0 aliphatic rings. The van der Waals surface area contributed by atoms with E-state index in [9.17, 15) is 4.79 Å². The van der Waals surface area contributed by atoms with E-state index >= 15 is 0 Å². The Balaban J connectivity index is 1.40. The van der Waals surface area contributed by atoms with E-state index in [1.807, 2.05) is 48.5 Å². The predicted molar refractivity (Wildman–Crippen MR) is 99.6 cm³/mol. The molecular formula is C18H13N5O2S. The number of para-hydroxylation sites is 4. The van der Waals surface area contributed by atoms with Gasteiger partial charge < -0.3 is 9.40 Å². The largest absolute Gasteiger partial charge is 0.431 e. The maximum atomic E-state index is 12.3. The molecule has 0 bridgehead atoms. The lowest BCUT2D eigenvalue weighted by Gasteiger charge is -1.96. The summed E-state index contributed by atoms with van der Waals surface area (Å²) in [7, 11) is 0. The normalized spacial score (nSPS) is 11.5. The summed E-state index contributed by atoms with van der Waals surface area (Å²) in [4.78, 5) is 24.3. The van der Waals surface area contributed by atoms with Gasteiger partial charge in [-0.2, -0.15) is 4.68 Å². The van der Waals surface area contributed by atoms with E-state index in [4.69, 9.17) is 4.42 Å². The van der Waals surface area contributed by atoms with Gasteiger partial charge in [-0.25, -0.2) is 9.97 Å². The SMILES string of the molecule is O=c1cc(CSc2nc3ccccc3o2)[nH]n1-c1nc2ccccc2[nH]1. The standard InChI is InChI=1S/C18H13N5O2S/c24-16-9-11(10-26-18-21-14-7-3-4-8-15(14)25-18)22-23(16)17-19-12-5-1-2-6-13(12)20-17/h1-9,22H,10H2,(H,19,20). The van der Waals surface area contributed by atoms with E-state index in [2.05, 4.69) is 20.1 Å². The number of nitrogens with one attached hydrogen (secondary N) is 2. The van der Waals surface area contributed by atoms with Crippen LogP contribution >= 0.6 is 11.8 Å². The third-order valence-electron chi connectivity index (χ3n) is 3.99. The van der Waals surface area contributed by atoms with Crippen LogP contribution in [-0.2, 0) is 5.75 Å². The van der Waals surface area contributed by atoms with Gasteiger partial charge in [-0.15, -0.1) is 0 Å². The van der Waals surface area contributed by atoms with Crippen molar-refractivity contribution in [2.24, 2.45) is 0 Å². The first-order valence-corrected chi connectivity index (χ1v) is 8.99. The molecule has 0 saturated carbocycles. The van der Waals surface area contributed by atoms with Crippen molar-refractivity contribution < 1.29 is 4.42 Å². The van der Waals surface area contributed by atoms with Crippen molar-refractivity contribution in [2.75, 3.05) is 0 Å². The predicted octanol–water partition coefficient (Wildman–Crippen LogP) is 3.48. The topological polar surface area (TPSA) is 92.5 Å². The van der Waals surface area contributed by atoms with Crippen LogP contribution in [-0.4, -0.2) is 24.7 Å². The lowest BCUT2D eigenvalue weighted by molar-refractivity contribution is 0.489. The van der Waals surface area contributed by atoms with Crippen LogP contribution in [0.25, 0.3) is 28.1 Å². The van der Waals surface area contributed by atoms with Crippen molar-refractivity contribution in [1.29, 1.82) is 0 Å². The molecule has 0 aliphatic heterocycles. The molecular weight excluding hydrogens is 350 g/mol. The number of imidazole rings is 1. The molecule has 3 aromatic heterocycles. The van der Waals surface area contributed by atoms with Crippen LogP contribution in [0.4, 0.5) is 0 Å². The number of aromatic nitrogens is 5. The van der Waals surface area contributed by atoms with Crippen LogP contribution in [0.1, 0.15) is 5.69 Å². The second-order valence-corrected chi connectivity index (χ2v) is 6.70. The summed E-state index contributed by atoms with van der Waals surface area (Å²) in [5.41, 5.74) is 3.87. The Morgan fingerprint density at radius 1 is 1.04 bits per heavy atom. The van der Waals surface area contributed by atoms with E-state index in [1.54, 1.807) is 6.07 Å². The fourth-order valence-electron chi connectivity index (χ4n) is 2.77. The van der Waals surface area contributed by atoms with Crippen LogP contribution in [0, 0.1) is 0 Å². The Morgan fingerprint density at radius 3 is 2.69 bits per heavy atom. The first-order valence-electron chi connectivity index (χ1n) is 8.01. The highest BCUT2D eigenvalue weighted by Crippen LogP contribution is 2.25. The van der Waals surface area contributed by atoms with Gasteiger partial charge in [-0.1, -0.05) is 36.0 Å². The minimum absolute atomic E-state index is 0.169. The number of nitrogens with zero attached hydrogens (tertiary/aromatic N) is 3. The molecule has 128 valence electrons. The summed E-state index contributed by atoms with van der Waals surface area (Å²) in [6.07, 6.45) is 0. The summed E-state index contributed by atoms with van der Waals surface area (Å²) in [5.74, 6) is 1.00. The zero-order valence-electron chi connectivity index (χ0n) is 13.5. The minimum Gasteiger partial charge on any atom is -0.431 e. The minimum atomic E-state index is -0.169. The van der Waals surface area contributed by atoms with E-state index in [0.29, 0.717) is 16.9 Å². The fourth-order valence-corrected chi connectivity index (χ4v) is 3.51. The quantitative estimate of drug-likeness (QED) is 0.477. The number of rotatable bonds is 4. The maximum Gasteiger partial charge on any atom is 0.274 e. The van der Waals surface area contributed by atoms with Gasteiger partial charge in [0.05, 0.1) is 11.0 Å². The number of hydrogen-bond acceptors (Lipinski definition) is 5. The molecule has 0 amide bonds. The lowest BCUT2D eigenvalue weighted by Crippen LogP contribution is -2.14. The molecule has 0 saturated heterocycles. The van der Waals surface area contributed by atoms with Gasteiger partial charge in [0.25, 0.3) is 10.8 Å². The number of hydrogen-bond donors (Lipinski definition) is 2. The summed E-state index contributed by atoms with van der Waals surface area (Å²) in [6.45, 7) is 0. The molecule has 0 atom stereocenters. The average molecular weight is 363 g/mol. The molecule has 7 nitrogen and oxygen atoms in total. The van der Waals surface area contributed by atoms with Crippen LogP contribution in [0.2, 0.25) is 0 Å². The molecule has 3 heterocycles. The van der Waals surface area contributed by atoms with Gasteiger partial charge in [0.1, 0.15) is 5.52 Å². The Kier molecular flexibility index (Phi) is 3.42. The monoisotopic (exact) mass is 363 g/mol. The molecule has 26 heavy (non-hydrogen) atoms. The van der Waals surface area contributed by atoms with Gasteiger partial charge in [-0.05, 0) is 24.3 Å². The van der Waals surface area contributed by atoms with Crippen LogP contribution in [0.15, 0.2) is 69.0 Å². The van der Waals surface area contributed by atoms with Gasteiger partial charge in [0, 0.05) is 17.5 Å². The van der Waals surface area contributed by atoms with E-state index in [-0.39, 0.29) is 5.56 Å². The van der Waals surface area contributed by atoms with Crippen molar-refractivity contribution >= 4 is 33.9 Å². The van der Waals surface area contributed by atoms with Crippen LogP contribution < -0.4 is 5.56 Å². The summed E-state index contributed by atoms with van der Waals surface area (Å²) in [5, 5.41) is 3.66. The average Bonchev–Trinajstić information content (AvgIpc) is 3.35. The Morgan fingerprint density at radius 2 is 1.85 bits per heavy atom. The first kappa shape index (κ1) is 15.0. The Hall–Kier alpha value is -3.26. The fraction of sp³-hybridized carbons (Fsp3) is 0.0556. The van der Waals surface area contributed by atoms with Crippen LogP contribution in [0.5, 0.6) is 0 Å². The summed E-state index contributed by atoms with van der Waals surface area (Å²) < 4.78 is 7.09. The van der Waals surface area contributed by atoms with Crippen molar-refractivity contribution in [2.45, 2.75) is 11.0 Å². The maximum absolute atomic E-state index is 12.3. The van der Waals surface area contributed by atoms with Crippen molar-refractivity contribution in [3.63, 3.8) is 0 Å². The summed E-state index contributed by atoms with van der Waals surface area (Å²) in [6, 6.07) is 16.8. The highest BCUT2D eigenvalue weighted by atomic mass is 32.2. The van der Waals surface area contributed by atoms with Crippen molar-refractivity contribution in [3.8, 4) is 5.95 Å². The number of oxazole rings is 1. The molecule has 2 aromatic carbocycles. The molecule has 8 heteroatoms. The number of thioether (sulfide) groups is 1. The third-order valence-corrected chi connectivity index (χ3v) is 4.86. The van der Waals surface area contributed by atoms with Gasteiger partial charge in [0.15, 0.2) is 5.58 Å². The molecule has 0 unspecified atom stereocenters. The van der Waals surface area contributed by atoms with E-state index in [0.717, 1.165) is 27.8 Å². The van der Waals surface area contributed by atoms with Gasteiger partial charge in [-0.3, -0.25) is 9.89 Å². The molecule has 5 rings (SSSR count). The van der Waals surface area contributed by atoms with Gasteiger partial charge >= 0.3 is 0 Å². The Bertz CT molecular complexity index is 1210. The highest BCUT2D eigenvalue weighted by molar-refractivity contribution is 7.98. The lowest BCUT2D eigenvalue weighted by atomic mass is 10.3. The van der Waals surface area contributed by atoms with Crippen molar-refractivity contribution in [1.82, 2.24) is 24.7 Å². The van der Waals surface area contributed by atoms with Crippen molar-refractivity contribution in [3.05, 3.63) is 70.6 Å². The second kappa shape index (κ2) is 5.92.